The van der Waals surface area contributed by atoms with Crippen molar-refractivity contribution in [1.29, 1.82) is 0 Å². The van der Waals surface area contributed by atoms with Gasteiger partial charge in [-0.1, -0.05) is 19.1 Å². The first kappa shape index (κ1) is 16.0. The van der Waals surface area contributed by atoms with E-state index >= 15 is 0 Å². The number of hydrogen-bond acceptors (Lipinski definition) is 4. The molecule has 1 atom stereocenters. The summed E-state index contributed by atoms with van der Waals surface area (Å²) in [4.78, 5) is 35.7. The summed E-state index contributed by atoms with van der Waals surface area (Å²) in [5.74, 6) is -0.590. The maximum atomic E-state index is 12.4. The normalized spacial score (nSPS) is 20.5. The average Bonchev–Trinajstić information content (AvgIpc) is 3.11. The van der Waals surface area contributed by atoms with Crippen LogP contribution in [0.2, 0.25) is 0 Å². The summed E-state index contributed by atoms with van der Waals surface area (Å²) in [7, 11) is 0. The molecule has 0 radical (unpaired) electrons. The van der Waals surface area contributed by atoms with Gasteiger partial charge in [0, 0.05) is 12.1 Å². The van der Waals surface area contributed by atoms with Crippen molar-refractivity contribution in [1.82, 2.24) is 5.32 Å². The molecular weight excluding hydrogens is 308 g/mol. The van der Waals surface area contributed by atoms with E-state index < -0.39 is 5.41 Å². The Bertz CT molecular complexity index is 765. The minimum absolute atomic E-state index is 0.230. The molecule has 1 saturated heterocycles. The van der Waals surface area contributed by atoms with Gasteiger partial charge in [0.25, 0.3) is 5.91 Å². The molecule has 0 unspecified atom stereocenters. The van der Waals surface area contributed by atoms with E-state index in [1.165, 1.54) is 6.26 Å². The van der Waals surface area contributed by atoms with Crippen LogP contribution in [0.25, 0.3) is 0 Å². The van der Waals surface area contributed by atoms with E-state index in [9.17, 15) is 14.4 Å². The number of amides is 3. The predicted molar refractivity (Wildman–Crippen MR) is 87.5 cm³/mol. The van der Waals surface area contributed by atoms with E-state index in [4.69, 9.17) is 4.42 Å². The number of furan rings is 1. The van der Waals surface area contributed by atoms with Gasteiger partial charge in [-0.2, -0.15) is 0 Å². The summed E-state index contributed by atoms with van der Waals surface area (Å²) in [6.45, 7) is 1.93. The zero-order valence-electron chi connectivity index (χ0n) is 13.3. The van der Waals surface area contributed by atoms with Crippen LogP contribution in [0.5, 0.6) is 0 Å². The summed E-state index contributed by atoms with van der Waals surface area (Å²) >= 11 is 0. The number of anilines is 1. The van der Waals surface area contributed by atoms with Crippen molar-refractivity contribution in [3.05, 3.63) is 54.0 Å². The van der Waals surface area contributed by atoms with Gasteiger partial charge in [0.2, 0.25) is 11.8 Å². The van der Waals surface area contributed by atoms with Crippen molar-refractivity contribution in [2.24, 2.45) is 0 Å². The van der Waals surface area contributed by atoms with Crippen molar-refractivity contribution >= 4 is 23.4 Å². The van der Waals surface area contributed by atoms with Gasteiger partial charge in [-0.25, -0.2) is 0 Å². The zero-order valence-corrected chi connectivity index (χ0v) is 13.3. The van der Waals surface area contributed by atoms with Crippen LogP contribution in [0.15, 0.2) is 47.1 Å². The lowest BCUT2D eigenvalue weighted by Crippen LogP contribution is -2.51. The van der Waals surface area contributed by atoms with Crippen LogP contribution in [0, 0.1) is 0 Å². The third-order valence-corrected chi connectivity index (χ3v) is 4.51. The Balaban J connectivity index is 1.79. The number of rotatable bonds is 4. The van der Waals surface area contributed by atoms with Crippen LogP contribution in [0.3, 0.4) is 0 Å². The van der Waals surface area contributed by atoms with E-state index in [0.29, 0.717) is 24.9 Å². The van der Waals surface area contributed by atoms with Gasteiger partial charge in [0.1, 0.15) is 0 Å². The average molecular weight is 326 g/mol. The molecule has 2 N–H and O–H groups in total. The van der Waals surface area contributed by atoms with Crippen molar-refractivity contribution in [2.75, 3.05) is 5.32 Å². The second-order valence-electron chi connectivity index (χ2n) is 5.82. The Morgan fingerprint density at radius 3 is 2.58 bits per heavy atom. The Morgan fingerprint density at radius 2 is 2.00 bits per heavy atom. The maximum Gasteiger partial charge on any atom is 0.291 e. The number of carbonyl (C=O) groups excluding carboxylic acids is 3. The standard InChI is InChI=1S/C18H18N2O4/c1-2-18(10-9-15(21)20-17(18)23)12-5-7-13(8-6-12)19-16(22)14-4-3-11-24-14/h3-8,11H,2,9-10H2,1H3,(H,19,22)(H,20,21,23)/t18-/m0/s1. The van der Waals surface area contributed by atoms with Crippen molar-refractivity contribution in [2.45, 2.75) is 31.6 Å². The summed E-state index contributed by atoms with van der Waals surface area (Å²) < 4.78 is 5.05. The molecule has 6 heteroatoms. The lowest BCUT2D eigenvalue weighted by atomic mass is 9.72. The first-order valence-electron chi connectivity index (χ1n) is 7.85. The third-order valence-electron chi connectivity index (χ3n) is 4.51. The van der Waals surface area contributed by atoms with Gasteiger partial charge in [0.05, 0.1) is 11.7 Å². The van der Waals surface area contributed by atoms with Crippen LogP contribution in [0.4, 0.5) is 5.69 Å². The van der Waals surface area contributed by atoms with Crippen LogP contribution in [0.1, 0.15) is 42.3 Å². The summed E-state index contributed by atoms with van der Waals surface area (Å²) in [6, 6.07) is 10.4. The number of imide groups is 1. The molecule has 1 aromatic heterocycles. The van der Waals surface area contributed by atoms with Gasteiger partial charge in [-0.15, -0.1) is 0 Å². The number of hydrogen-bond donors (Lipinski definition) is 2. The molecule has 1 aliphatic rings. The fourth-order valence-corrected chi connectivity index (χ4v) is 3.04. The molecule has 6 nitrogen and oxygen atoms in total. The van der Waals surface area contributed by atoms with E-state index in [0.717, 1.165) is 5.56 Å². The first-order valence-corrected chi connectivity index (χ1v) is 7.85. The lowest BCUT2D eigenvalue weighted by Gasteiger charge is -2.35. The molecule has 2 heterocycles. The van der Waals surface area contributed by atoms with Crippen LogP contribution in [-0.2, 0) is 15.0 Å². The Kier molecular flexibility index (Phi) is 4.20. The van der Waals surface area contributed by atoms with E-state index in [1.807, 2.05) is 19.1 Å². The monoisotopic (exact) mass is 326 g/mol. The smallest absolute Gasteiger partial charge is 0.291 e. The van der Waals surface area contributed by atoms with Gasteiger partial charge >= 0.3 is 0 Å². The molecule has 0 aliphatic carbocycles. The molecule has 1 aliphatic heterocycles. The van der Waals surface area contributed by atoms with E-state index in [1.54, 1.807) is 24.3 Å². The minimum Gasteiger partial charge on any atom is -0.459 e. The van der Waals surface area contributed by atoms with E-state index in [2.05, 4.69) is 10.6 Å². The topological polar surface area (TPSA) is 88.4 Å². The fraction of sp³-hybridized carbons (Fsp3) is 0.278. The van der Waals surface area contributed by atoms with Gasteiger partial charge in [0.15, 0.2) is 5.76 Å². The van der Waals surface area contributed by atoms with Crippen molar-refractivity contribution in [3.63, 3.8) is 0 Å². The molecule has 24 heavy (non-hydrogen) atoms. The molecule has 124 valence electrons. The highest BCUT2D eigenvalue weighted by molar-refractivity contribution is 6.04. The lowest BCUT2D eigenvalue weighted by molar-refractivity contribution is -0.138. The highest BCUT2D eigenvalue weighted by atomic mass is 16.3. The van der Waals surface area contributed by atoms with Gasteiger partial charge in [-0.3, -0.25) is 19.7 Å². The highest BCUT2D eigenvalue weighted by Gasteiger charge is 2.42. The summed E-state index contributed by atoms with van der Waals surface area (Å²) in [5.41, 5.74) is 0.752. The Morgan fingerprint density at radius 1 is 1.25 bits per heavy atom. The molecule has 0 spiro atoms. The summed E-state index contributed by atoms with van der Waals surface area (Å²) in [6.07, 6.45) is 2.86. The van der Waals surface area contributed by atoms with Crippen molar-refractivity contribution in [3.8, 4) is 0 Å². The number of piperidine rings is 1. The Labute approximate surface area is 139 Å². The van der Waals surface area contributed by atoms with Crippen LogP contribution >= 0.6 is 0 Å². The van der Waals surface area contributed by atoms with Gasteiger partial charge in [-0.05, 0) is 42.7 Å². The van der Waals surface area contributed by atoms with E-state index in [-0.39, 0.29) is 23.5 Å². The SMILES string of the molecule is CC[C@@]1(c2ccc(NC(=O)c3ccco3)cc2)CCC(=O)NC1=O. The second kappa shape index (κ2) is 6.31. The third kappa shape index (κ3) is 2.82. The first-order chi connectivity index (χ1) is 11.5. The molecule has 0 saturated carbocycles. The molecule has 3 rings (SSSR count). The van der Waals surface area contributed by atoms with Crippen molar-refractivity contribution < 1.29 is 18.8 Å². The molecule has 1 aromatic carbocycles. The summed E-state index contributed by atoms with van der Waals surface area (Å²) in [5, 5.41) is 5.16. The van der Waals surface area contributed by atoms with Crippen LogP contribution < -0.4 is 10.6 Å². The Hall–Kier alpha value is -2.89. The minimum atomic E-state index is -0.697. The number of nitrogens with one attached hydrogen (secondary N) is 2. The number of benzene rings is 1. The largest absolute Gasteiger partial charge is 0.459 e. The molecule has 0 bridgehead atoms. The highest BCUT2D eigenvalue weighted by Crippen LogP contribution is 2.36. The quantitative estimate of drug-likeness (QED) is 0.845. The molecule has 3 amide bonds. The molecule has 2 aromatic rings. The molecular formula is C18H18N2O4. The maximum absolute atomic E-state index is 12.4. The molecule has 1 fully saturated rings. The predicted octanol–water partition coefficient (Wildman–Crippen LogP) is 2.62. The zero-order chi connectivity index (χ0) is 17.2. The van der Waals surface area contributed by atoms with Crippen LogP contribution in [-0.4, -0.2) is 17.7 Å². The fourth-order valence-electron chi connectivity index (χ4n) is 3.04. The number of carbonyl (C=O) groups is 3. The van der Waals surface area contributed by atoms with Gasteiger partial charge < -0.3 is 9.73 Å². The second-order valence-corrected chi connectivity index (χ2v) is 5.82.